The topological polar surface area (TPSA) is 15.7 Å². The van der Waals surface area contributed by atoms with Crippen molar-refractivity contribution in [3.63, 3.8) is 0 Å². The maximum atomic E-state index is 7.21. The molecule has 0 unspecified atom stereocenters. The molecule has 0 radical (unpaired) electrons. The lowest BCUT2D eigenvalue weighted by Gasteiger charge is -2.57. The summed E-state index contributed by atoms with van der Waals surface area (Å²) in [5.74, 6) is 2.88. The van der Waals surface area contributed by atoms with Gasteiger partial charge in [-0.1, -0.05) is 18.2 Å². The molecule has 4 aliphatic carbocycles. The van der Waals surface area contributed by atoms with E-state index in [1.165, 1.54) is 70.1 Å². The lowest BCUT2D eigenvalue weighted by Crippen LogP contribution is -2.52. The Morgan fingerprint density at radius 1 is 0.960 bits per heavy atom. The van der Waals surface area contributed by atoms with Crippen LogP contribution in [0.3, 0.4) is 0 Å². The summed E-state index contributed by atoms with van der Waals surface area (Å²) >= 11 is 0. The van der Waals surface area contributed by atoms with Gasteiger partial charge in [0.15, 0.2) is 0 Å². The Bertz CT molecular complexity index is 615. The zero-order valence-corrected chi connectivity index (χ0v) is 15.9. The van der Waals surface area contributed by atoms with Crippen LogP contribution in [0.4, 0.5) is 5.69 Å². The minimum absolute atomic E-state index is 0.213. The van der Waals surface area contributed by atoms with Crippen LogP contribution in [0.25, 0.3) is 0 Å². The molecular formula is C21H29N2OP. The normalized spacial score (nSPS) is 45.3. The van der Waals surface area contributed by atoms with Crippen molar-refractivity contribution >= 4 is 14.1 Å². The Labute approximate surface area is 152 Å². The molecule has 0 N–H and O–H groups in total. The number of fused-ring (bicyclic) bond motifs is 1. The minimum Gasteiger partial charge on any atom is -0.320 e. The molecular weight excluding hydrogens is 327 g/mol. The molecule has 2 atom stereocenters. The molecule has 1 aromatic rings. The Balaban J connectivity index is 1.31. The minimum atomic E-state index is -0.619. The molecule has 2 saturated heterocycles. The smallest absolute Gasteiger partial charge is 0.218 e. The van der Waals surface area contributed by atoms with Crippen molar-refractivity contribution in [3.8, 4) is 0 Å². The monoisotopic (exact) mass is 356 g/mol. The largest absolute Gasteiger partial charge is 0.320 e. The highest BCUT2D eigenvalue weighted by Crippen LogP contribution is 2.65. The van der Waals surface area contributed by atoms with Gasteiger partial charge in [0.1, 0.15) is 0 Å². The fraction of sp³-hybridized carbons (Fsp3) is 0.714. The van der Waals surface area contributed by atoms with Crippen LogP contribution in [0.15, 0.2) is 30.3 Å². The molecule has 3 nitrogen and oxygen atoms in total. The second kappa shape index (κ2) is 5.68. The van der Waals surface area contributed by atoms with E-state index in [2.05, 4.69) is 39.7 Å². The van der Waals surface area contributed by atoms with E-state index in [0.29, 0.717) is 0 Å². The highest BCUT2D eigenvalue weighted by Gasteiger charge is 2.55. The van der Waals surface area contributed by atoms with Gasteiger partial charge in [-0.2, -0.15) is 0 Å². The highest BCUT2D eigenvalue weighted by molar-refractivity contribution is 7.52. The van der Waals surface area contributed by atoms with E-state index >= 15 is 0 Å². The molecule has 1 aromatic carbocycles. The van der Waals surface area contributed by atoms with Crippen molar-refractivity contribution in [2.24, 2.45) is 17.8 Å². The first kappa shape index (κ1) is 15.4. The maximum absolute atomic E-state index is 7.21. The standard InChI is InChI=1S/C21H29N2OP/c1-2-5-19(6-3-1)23-15-20-7-4-8-22(20)25(23)24-21-12-16-9-17(13-21)11-18(10-16)14-21/h1-3,5-6,16-18,20H,4,7-15H2/t16?,17?,18?,20-,21?,25+/m0/s1. The van der Waals surface area contributed by atoms with E-state index in [4.69, 9.17) is 4.52 Å². The number of nitrogens with zero attached hydrogens (tertiary/aromatic N) is 2. The highest BCUT2D eigenvalue weighted by atomic mass is 31.2. The molecule has 0 aromatic heterocycles. The first-order valence-electron chi connectivity index (χ1n) is 10.4. The van der Waals surface area contributed by atoms with Crippen LogP contribution in [0.2, 0.25) is 0 Å². The number of hydrogen-bond acceptors (Lipinski definition) is 3. The van der Waals surface area contributed by atoms with Crippen LogP contribution >= 0.6 is 8.45 Å². The van der Waals surface area contributed by atoms with Gasteiger partial charge in [0.2, 0.25) is 8.45 Å². The third kappa shape index (κ3) is 2.50. The second-order valence-corrected chi connectivity index (χ2v) is 11.0. The van der Waals surface area contributed by atoms with E-state index < -0.39 is 8.45 Å². The summed E-state index contributed by atoms with van der Waals surface area (Å²) in [6.07, 6.45) is 11.2. The first-order valence-corrected chi connectivity index (χ1v) is 11.5. The van der Waals surface area contributed by atoms with Gasteiger partial charge in [-0.25, -0.2) is 4.67 Å². The van der Waals surface area contributed by atoms with Gasteiger partial charge >= 0.3 is 0 Å². The summed E-state index contributed by atoms with van der Waals surface area (Å²) in [5, 5.41) is 0. The molecule has 2 heterocycles. The molecule has 25 heavy (non-hydrogen) atoms. The Morgan fingerprint density at radius 3 is 2.32 bits per heavy atom. The van der Waals surface area contributed by atoms with E-state index in [0.717, 1.165) is 23.8 Å². The average Bonchev–Trinajstić information content (AvgIpc) is 3.17. The third-order valence-corrected chi connectivity index (χ3v) is 9.79. The Hall–Kier alpha value is -0.630. The fourth-order valence-corrected chi connectivity index (χ4v) is 9.35. The SMILES string of the molecule is c1ccc(N2C[C@@H]3CCCN3[P@@]2OC23CC4CC(CC(C4)C2)C3)cc1. The molecule has 4 heteroatoms. The first-order chi connectivity index (χ1) is 12.3. The van der Waals surface area contributed by atoms with Crippen molar-refractivity contribution in [1.29, 1.82) is 0 Å². The van der Waals surface area contributed by atoms with Crippen LogP contribution in [0.5, 0.6) is 0 Å². The quantitative estimate of drug-likeness (QED) is 0.694. The van der Waals surface area contributed by atoms with Gasteiger partial charge in [0.25, 0.3) is 0 Å². The summed E-state index contributed by atoms with van der Waals surface area (Å²) in [6.45, 7) is 2.41. The summed E-state index contributed by atoms with van der Waals surface area (Å²) in [5.41, 5.74) is 1.58. The molecule has 0 spiro atoms. The van der Waals surface area contributed by atoms with Crippen LogP contribution in [-0.2, 0) is 4.52 Å². The number of para-hydroxylation sites is 1. The van der Waals surface area contributed by atoms with E-state index in [1.54, 1.807) is 0 Å². The summed E-state index contributed by atoms with van der Waals surface area (Å²) < 4.78 is 12.6. The second-order valence-electron chi connectivity index (χ2n) is 9.32. The summed E-state index contributed by atoms with van der Waals surface area (Å²) in [7, 11) is -0.619. The zero-order chi connectivity index (χ0) is 16.4. The molecule has 6 fully saturated rings. The number of benzene rings is 1. The van der Waals surface area contributed by atoms with Gasteiger partial charge < -0.3 is 9.19 Å². The molecule has 0 amide bonds. The van der Waals surface area contributed by atoms with Crippen LogP contribution in [0, 0.1) is 17.8 Å². The van der Waals surface area contributed by atoms with Crippen molar-refractivity contribution in [2.45, 2.75) is 63.0 Å². The Morgan fingerprint density at radius 2 is 1.64 bits per heavy atom. The van der Waals surface area contributed by atoms with Gasteiger partial charge in [-0.05, 0) is 81.3 Å². The van der Waals surface area contributed by atoms with Gasteiger partial charge in [0.05, 0.1) is 5.60 Å². The molecule has 7 rings (SSSR count). The number of hydrogen-bond donors (Lipinski definition) is 0. The van der Waals surface area contributed by atoms with Crippen LogP contribution in [-0.4, -0.2) is 29.4 Å². The van der Waals surface area contributed by atoms with Crippen molar-refractivity contribution < 1.29 is 4.52 Å². The van der Waals surface area contributed by atoms with Crippen molar-refractivity contribution in [1.82, 2.24) is 4.67 Å². The zero-order valence-electron chi connectivity index (χ0n) is 15.0. The third-order valence-electron chi connectivity index (χ3n) is 7.47. The molecule has 4 bridgehead atoms. The Kier molecular flexibility index (Phi) is 3.51. The van der Waals surface area contributed by atoms with Crippen LogP contribution in [0.1, 0.15) is 51.4 Å². The molecule has 134 valence electrons. The molecule has 6 aliphatic rings. The summed E-state index contributed by atoms with van der Waals surface area (Å²) in [4.78, 5) is 0. The predicted molar refractivity (Wildman–Crippen MR) is 102 cm³/mol. The predicted octanol–water partition coefficient (Wildman–Crippen LogP) is 5.18. The fourth-order valence-electron chi connectivity index (χ4n) is 6.86. The lowest BCUT2D eigenvalue weighted by atomic mass is 9.54. The number of anilines is 1. The lowest BCUT2D eigenvalue weighted by molar-refractivity contribution is -0.105. The number of rotatable bonds is 3. The summed E-state index contributed by atoms with van der Waals surface area (Å²) in [6, 6.07) is 11.8. The molecule has 2 aliphatic heterocycles. The van der Waals surface area contributed by atoms with E-state index in [-0.39, 0.29) is 5.60 Å². The average molecular weight is 356 g/mol. The van der Waals surface area contributed by atoms with Crippen molar-refractivity contribution in [3.05, 3.63) is 30.3 Å². The maximum Gasteiger partial charge on any atom is 0.218 e. The van der Waals surface area contributed by atoms with Crippen molar-refractivity contribution in [2.75, 3.05) is 17.8 Å². The van der Waals surface area contributed by atoms with Gasteiger partial charge in [-0.15, -0.1) is 0 Å². The van der Waals surface area contributed by atoms with Gasteiger partial charge in [-0.3, -0.25) is 0 Å². The van der Waals surface area contributed by atoms with Gasteiger partial charge in [0, 0.05) is 24.8 Å². The molecule has 4 saturated carbocycles. The van der Waals surface area contributed by atoms with E-state index in [9.17, 15) is 0 Å². The van der Waals surface area contributed by atoms with E-state index in [1.807, 2.05) is 0 Å². The van der Waals surface area contributed by atoms with Crippen LogP contribution < -0.4 is 4.67 Å².